The van der Waals surface area contributed by atoms with Crippen LogP contribution in [0.5, 0.6) is 11.5 Å². The Morgan fingerprint density at radius 3 is 2.53 bits per heavy atom. The number of carbonyl (C=O) groups is 2. The molecule has 1 amide bonds. The van der Waals surface area contributed by atoms with E-state index in [0.29, 0.717) is 35.6 Å². The van der Waals surface area contributed by atoms with E-state index in [1.807, 2.05) is 45.0 Å². The van der Waals surface area contributed by atoms with Crippen molar-refractivity contribution >= 4 is 17.4 Å². The van der Waals surface area contributed by atoms with E-state index in [1.54, 1.807) is 24.3 Å². The zero-order valence-corrected chi connectivity index (χ0v) is 17.7. The number of hydrogen-bond donors (Lipinski definition) is 1. The van der Waals surface area contributed by atoms with Crippen molar-refractivity contribution in [1.82, 2.24) is 4.90 Å². The second-order valence-electron chi connectivity index (χ2n) is 7.43. The maximum atomic E-state index is 13.0. The van der Waals surface area contributed by atoms with Gasteiger partial charge >= 0.3 is 0 Å². The van der Waals surface area contributed by atoms with Gasteiger partial charge in [-0.15, -0.1) is 0 Å². The Labute approximate surface area is 176 Å². The first kappa shape index (κ1) is 21.4. The number of Topliss-reactive ketones (excluding diaryl/α,β-unsaturated/α-hetero) is 1. The topological polar surface area (TPSA) is 76.1 Å². The van der Waals surface area contributed by atoms with Gasteiger partial charge in [0.2, 0.25) is 0 Å². The molecule has 0 radical (unpaired) electrons. The molecule has 0 spiro atoms. The molecule has 1 aliphatic rings. The van der Waals surface area contributed by atoms with Crippen LogP contribution >= 0.6 is 0 Å². The van der Waals surface area contributed by atoms with Crippen molar-refractivity contribution in [2.75, 3.05) is 13.7 Å². The van der Waals surface area contributed by atoms with Crippen molar-refractivity contribution in [2.45, 2.75) is 39.3 Å². The van der Waals surface area contributed by atoms with Gasteiger partial charge in [0, 0.05) is 6.54 Å². The average Bonchev–Trinajstić information content (AvgIpc) is 2.98. The standard InChI is InChI=1S/C24H27NO5/c1-5-13-25-21(16-9-8-10-17(14-16)30-15(2)3)20(23(27)24(25)28)22(26)18-11-6-7-12-19(18)29-4/h6-12,14-15,21,26H,5,13H2,1-4H3/b22-20-. The minimum absolute atomic E-state index is 0.0177. The lowest BCUT2D eigenvalue weighted by Crippen LogP contribution is -2.30. The van der Waals surface area contributed by atoms with Gasteiger partial charge in [-0.05, 0) is 50.1 Å². The van der Waals surface area contributed by atoms with Crippen molar-refractivity contribution in [3.05, 3.63) is 65.2 Å². The Balaban J connectivity index is 2.19. The maximum Gasteiger partial charge on any atom is 0.295 e. The molecule has 0 saturated carbocycles. The van der Waals surface area contributed by atoms with Gasteiger partial charge in [0.05, 0.1) is 30.4 Å². The monoisotopic (exact) mass is 409 g/mol. The number of methoxy groups -OCH3 is 1. The number of rotatable bonds is 7. The van der Waals surface area contributed by atoms with Crippen molar-refractivity contribution in [3.63, 3.8) is 0 Å². The fourth-order valence-corrected chi connectivity index (χ4v) is 3.71. The molecule has 30 heavy (non-hydrogen) atoms. The highest BCUT2D eigenvalue weighted by Crippen LogP contribution is 2.41. The summed E-state index contributed by atoms with van der Waals surface area (Å²) in [5.41, 5.74) is 1.13. The zero-order valence-electron chi connectivity index (χ0n) is 17.7. The summed E-state index contributed by atoms with van der Waals surface area (Å²) in [7, 11) is 1.49. The molecule has 6 nitrogen and oxygen atoms in total. The van der Waals surface area contributed by atoms with E-state index in [9.17, 15) is 14.7 Å². The van der Waals surface area contributed by atoms with Crippen LogP contribution in [0.1, 0.15) is 44.4 Å². The van der Waals surface area contributed by atoms with Crippen LogP contribution in [0.15, 0.2) is 54.1 Å². The molecule has 1 atom stereocenters. The van der Waals surface area contributed by atoms with Crippen LogP contribution in [-0.2, 0) is 9.59 Å². The van der Waals surface area contributed by atoms with E-state index in [4.69, 9.17) is 9.47 Å². The number of benzene rings is 2. The van der Waals surface area contributed by atoms with Gasteiger partial charge in [0.25, 0.3) is 11.7 Å². The first-order valence-electron chi connectivity index (χ1n) is 10.1. The largest absolute Gasteiger partial charge is 0.507 e. The summed E-state index contributed by atoms with van der Waals surface area (Å²) in [6, 6.07) is 13.5. The van der Waals surface area contributed by atoms with Crippen molar-refractivity contribution in [1.29, 1.82) is 0 Å². The van der Waals surface area contributed by atoms with E-state index < -0.39 is 17.7 Å². The Hall–Kier alpha value is -3.28. The molecular formula is C24H27NO5. The minimum Gasteiger partial charge on any atom is -0.507 e. The summed E-state index contributed by atoms with van der Waals surface area (Å²) >= 11 is 0. The molecule has 1 unspecified atom stereocenters. The van der Waals surface area contributed by atoms with Crippen LogP contribution in [0.25, 0.3) is 5.76 Å². The summed E-state index contributed by atoms with van der Waals surface area (Å²) in [6.45, 7) is 6.19. The van der Waals surface area contributed by atoms with Gasteiger partial charge in [-0.3, -0.25) is 9.59 Å². The van der Waals surface area contributed by atoms with Gasteiger partial charge in [-0.1, -0.05) is 31.2 Å². The highest BCUT2D eigenvalue weighted by Gasteiger charge is 2.46. The van der Waals surface area contributed by atoms with Gasteiger partial charge in [0.1, 0.15) is 17.3 Å². The van der Waals surface area contributed by atoms with Crippen LogP contribution < -0.4 is 9.47 Å². The van der Waals surface area contributed by atoms with E-state index in [0.717, 1.165) is 0 Å². The number of ether oxygens (including phenoxy) is 2. The van der Waals surface area contributed by atoms with Crippen LogP contribution in [0, 0.1) is 0 Å². The number of likely N-dealkylation sites (tertiary alicyclic amines) is 1. The summed E-state index contributed by atoms with van der Waals surface area (Å²) < 4.78 is 11.1. The first-order chi connectivity index (χ1) is 14.4. The van der Waals surface area contributed by atoms with Crippen LogP contribution in [0.2, 0.25) is 0 Å². The molecule has 2 aromatic carbocycles. The molecule has 1 heterocycles. The van der Waals surface area contributed by atoms with E-state index in [-0.39, 0.29) is 17.4 Å². The fraction of sp³-hybridized carbons (Fsp3) is 0.333. The van der Waals surface area contributed by atoms with Crippen LogP contribution in [-0.4, -0.2) is 41.5 Å². The molecule has 6 heteroatoms. The molecule has 2 aromatic rings. The predicted octanol–water partition coefficient (Wildman–Crippen LogP) is 4.31. The molecule has 1 N–H and O–H groups in total. The van der Waals surface area contributed by atoms with Gasteiger partial charge in [0.15, 0.2) is 0 Å². The SMILES string of the molecule is CCCN1C(=O)C(=O)/C(=C(\O)c2ccccc2OC)C1c1cccc(OC(C)C)c1. The summed E-state index contributed by atoms with van der Waals surface area (Å²) in [5, 5.41) is 11.1. The fourth-order valence-electron chi connectivity index (χ4n) is 3.71. The lowest BCUT2D eigenvalue weighted by Gasteiger charge is -2.25. The number of aliphatic hydroxyl groups is 1. The van der Waals surface area contributed by atoms with E-state index in [2.05, 4.69) is 0 Å². The Bertz CT molecular complexity index is 979. The second kappa shape index (κ2) is 9.03. The number of ketones is 1. The Morgan fingerprint density at radius 1 is 1.13 bits per heavy atom. The Morgan fingerprint density at radius 2 is 1.87 bits per heavy atom. The van der Waals surface area contributed by atoms with Gasteiger partial charge < -0.3 is 19.5 Å². The third-order valence-corrected chi connectivity index (χ3v) is 4.91. The highest BCUT2D eigenvalue weighted by molar-refractivity contribution is 6.46. The molecule has 158 valence electrons. The van der Waals surface area contributed by atoms with Crippen molar-refractivity contribution < 1.29 is 24.2 Å². The molecule has 0 aliphatic carbocycles. The second-order valence-corrected chi connectivity index (χ2v) is 7.43. The zero-order chi connectivity index (χ0) is 21.8. The third-order valence-electron chi connectivity index (χ3n) is 4.91. The lowest BCUT2D eigenvalue weighted by atomic mass is 9.95. The molecular weight excluding hydrogens is 382 g/mol. The maximum absolute atomic E-state index is 13.0. The Kier molecular flexibility index (Phi) is 6.45. The minimum atomic E-state index is -0.703. The quantitative estimate of drug-likeness (QED) is 0.419. The summed E-state index contributed by atoms with van der Waals surface area (Å²) in [4.78, 5) is 27.3. The normalized spacial score (nSPS) is 18.2. The predicted molar refractivity (Wildman–Crippen MR) is 115 cm³/mol. The first-order valence-corrected chi connectivity index (χ1v) is 10.1. The summed E-state index contributed by atoms with van der Waals surface area (Å²) in [6.07, 6.45) is 0.663. The average molecular weight is 409 g/mol. The molecule has 0 aromatic heterocycles. The number of aliphatic hydroxyl groups excluding tert-OH is 1. The number of nitrogens with zero attached hydrogens (tertiary/aromatic N) is 1. The van der Waals surface area contributed by atoms with Crippen molar-refractivity contribution in [3.8, 4) is 11.5 Å². The van der Waals surface area contributed by atoms with Crippen LogP contribution in [0.4, 0.5) is 0 Å². The van der Waals surface area contributed by atoms with Crippen molar-refractivity contribution in [2.24, 2.45) is 0 Å². The number of para-hydroxylation sites is 1. The molecule has 1 aliphatic heterocycles. The number of hydrogen-bond acceptors (Lipinski definition) is 5. The van der Waals surface area contributed by atoms with E-state index >= 15 is 0 Å². The lowest BCUT2D eigenvalue weighted by molar-refractivity contribution is -0.139. The summed E-state index contributed by atoms with van der Waals surface area (Å²) in [5.74, 6) is -0.501. The molecule has 1 saturated heterocycles. The molecule has 1 fully saturated rings. The molecule has 0 bridgehead atoms. The van der Waals surface area contributed by atoms with Gasteiger partial charge in [-0.2, -0.15) is 0 Å². The smallest absolute Gasteiger partial charge is 0.295 e. The number of amides is 1. The highest BCUT2D eigenvalue weighted by atomic mass is 16.5. The third kappa shape index (κ3) is 4.03. The number of carbonyl (C=O) groups excluding carboxylic acids is 2. The van der Waals surface area contributed by atoms with Gasteiger partial charge in [-0.25, -0.2) is 0 Å². The molecule has 3 rings (SSSR count). The van der Waals surface area contributed by atoms with E-state index in [1.165, 1.54) is 12.0 Å². The van der Waals surface area contributed by atoms with Crippen LogP contribution in [0.3, 0.4) is 0 Å².